The van der Waals surface area contributed by atoms with Gasteiger partial charge in [-0.1, -0.05) is 13.0 Å². The predicted octanol–water partition coefficient (Wildman–Crippen LogP) is 4.14. The van der Waals surface area contributed by atoms with E-state index in [9.17, 15) is 13.2 Å². The lowest BCUT2D eigenvalue weighted by Gasteiger charge is -2.40. The van der Waals surface area contributed by atoms with E-state index in [2.05, 4.69) is 46.2 Å². The Hall–Kier alpha value is -3.01. The SMILES string of the molecule is CCC(C)(C)n1nnnc1[C@H](c1ccncc1)N1CCN(c2cccc(C(F)(F)F)c2)CC1. The van der Waals surface area contributed by atoms with Crippen LogP contribution in [0, 0.1) is 0 Å². The van der Waals surface area contributed by atoms with Crippen molar-refractivity contribution in [1.82, 2.24) is 30.1 Å². The van der Waals surface area contributed by atoms with E-state index < -0.39 is 11.7 Å². The van der Waals surface area contributed by atoms with Gasteiger partial charge in [0.1, 0.15) is 0 Å². The molecule has 1 aromatic carbocycles. The lowest BCUT2D eigenvalue weighted by atomic mass is 9.99. The molecule has 1 saturated heterocycles. The van der Waals surface area contributed by atoms with Crippen LogP contribution in [0.25, 0.3) is 0 Å². The van der Waals surface area contributed by atoms with Gasteiger partial charge in [0.2, 0.25) is 0 Å². The number of pyridine rings is 1. The van der Waals surface area contributed by atoms with E-state index in [1.54, 1.807) is 18.5 Å². The largest absolute Gasteiger partial charge is 0.416 e. The van der Waals surface area contributed by atoms with Crippen molar-refractivity contribution >= 4 is 5.69 Å². The van der Waals surface area contributed by atoms with Gasteiger partial charge in [-0.3, -0.25) is 9.88 Å². The van der Waals surface area contributed by atoms with E-state index in [-0.39, 0.29) is 11.6 Å². The second-order valence-corrected chi connectivity index (χ2v) is 8.87. The summed E-state index contributed by atoms with van der Waals surface area (Å²) in [4.78, 5) is 8.42. The molecule has 3 heterocycles. The zero-order valence-electron chi connectivity index (χ0n) is 19.0. The van der Waals surface area contributed by atoms with Crippen LogP contribution in [-0.4, -0.2) is 56.3 Å². The Bertz CT molecular complexity index is 1060. The minimum absolute atomic E-state index is 0.183. The number of piperazine rings is 1. The van der Waals surface area contributed by atoms with E-state index in [1.807, 2.05) is 21.7 Å². The zero-order chi connectivity index (χ0) is 23.6. The van der Waals surface area contributed by atoms with Crippen LogP contribution in [0.15, 0.2) is 48.8 Å². The molecule has 1 fully saturated rings. The van der Waals surface area contributed by atoms with Gasteiger partial charge in [0.05, 0.1) is 17.1 Å². The summed E-state index contributed by atoms with van der Waals surface area (Å²) < 4.78 is 41.4. The highest BCUT2D eigenvalue weighted by Gasteiger charge is 2.35. The van der Waals surface area contributed by atoms with E-state index >= 15 is 0 Å². The molecule has 10 heteroatoms. The topological polar surface area (TPSA) is 63.0 Å². The van der Waals surface area contributed by atoms with E-state index in [4.69, 9.17) is 0 Å². The first kappa shape index (κ1) is 23.2. The Morgan fingerprint density at radius 3 is 2.33 bits per heavy atom. The molecule has 0 bridgehead atoms. The highest BCUT2D eigenvalue weighted by Crippen LogP contribution is 2.34. The Morgan fingerprint density at radius 2 is 1.70 bits per heavy atom. The van der Waals surface area contributed by atoms with Crippen molar-refractivity contribution in [2.75, 3.05) is 31.1 Å². The first-order valence-electron chi connectivity index (χ1n) is 11.1. The third-order valence-electron chi connectivity index (χ3n) is 6.42. The van der Waals surface area contributed by atoms with Gasteiger partial charge < -0.3 is 4.90 Å². The quantitative estimate of drug-likeness (QED) is 0.552. The predicted molar refractivity (Wildman–Crippen MR) is 119 cm³/mol. The van der Waals surface area contributed by atoms with Crippen molar-refractivity contribution in [3.05, 3.63) is 65.7 Å². The molecule has 0 radical (unpaired) electrons. The summed E-state index contributed by atoms with van der Waals surface area (Å²) in [6, 6.07) is 9.26. The van der Waals surface area contributed by atoms with Gasteiger partial charge in [-0.25, -0.2) is 4.68 Å². The maximum atomic E-state index is 13.2. The maximum absolute atomic E-state index is 13.2. The highest BCUT2D eigenvalue weighted by atomic mass is 19.4. The van der Waals surface area contributed by atoms with Gasteiger partial charge in [-0.05, 0) is 66.6 Å². The summed E-state index contributed by atoms with van der Waals surface area (Å²) in [5.74, 6) is 0.751. The number of tetrazole rings is 1. The molecule has 2 aromatic heterocycles. The molecule has 4 rings (SSSR count). The van der Waals surface area contributed by atoms with Crippen molar-refractivity contribution in [3.63, 3.8) is 0 Å². The molecule has 0 amide bonds. The summed E-state index contributed by atoms with van der Waals surface area (Å²) in [6.07, 6.45) is 0.00545. The van der Waals surface area contributed by atoms with Crippen molar-refractivity contribution < 1.29 is 13.2 Å². The number of alkyl halides is 3. The van der Waals surface area contributed by atoms with Crippen LogP contribution in [0.5, 0.6) is 0 Å². The minimum atomic E-state index is -4.35. The van der Waals surface area contributed by atoms with Gasteiger partial charge in [0, 0.05) is 44.3 Å². The summed E-state index contributed by atoms with van der Waals surface area (Å²) in [6.45, 7) is 8.80. The van der Waals surface area contributed by atoms with Crippen molar-refractivity contribution in [2.45, 2.75) is 44.9 Å². The molecule has 0 unspecified atom stereocenters. The van der Waals surface area contributed by atoms with Gasteiger partial charge in [0.25, 0.3) is 0 Å². The molecule has 3 aromatic rings. The summed E-state index contributed by atoms with van der Waals surface area (Å²) in [5.41, 5.74) is 0.727. The minimum Gasteiger partial charge on any atom is -0.369 e. The van der Waals surface area contributed by atoms with Crippen LogP contribution in [0.2, 0.25) is 0 Å². The first-order chi connectivity index (χ1) is 15.7. The first-order valence-corrected chi connectivity index (χ1v) is 11.1. The number of rotatable bonds is 6. The zero-order valence-corrected chi connectivity index (χ0v) is 19.0. The monoisotopic (exact) mass is 459 g/mol. The van der Waals surface area contributed by atoms with Crippen molar-refractivity contribution in [3.8, 4) is 0 Å². The fourth-order valence-electron chi connectivity index (χ4n) is 4.13. The van der Waals surface area contributed by atoms with Crippen LogP contribution < -0.4 is 4.90 Å². The van der Waals surface area contributed by atoms with Gasteiger partial charge in [-0.15, -0.1) is 5.10 Å². The standard InChI is InChI=1S/C23H28F3N7/c1-4-22(2,3)33-21(28-29-30-33)20(17-8-10-27-11-9-17)32-14-12-31(13-15-32)19-7-5-6-18(16-19)23(24,25)26/h5-11,16,20H,4,12-15H2,1-3H3/t20-/m0/s1. The van der Waals surface area contributed by atoms with Crippen LogP contribution in [0.4, 0.5) is 18.9 Å². The molecule has 33 heavy (non-hydrogen) atoms. The molecule has 1 atom stereocenters. The molecule has 176 valence electrons. The van der Waals surface area contributed by atoms with Gasteiger partial charge in [-0.2, -0.15) is 13.2 Å². The third-order valence-corrected chi connectivity index (χ3v) is 6.42. The number of hydrogen-bond donors (Lipinski definition) is 0. The fourth-order valence-corrected chi connectivity index (χ4v) is 4.13. The molecule has 0 saturated carbocycles. The average molecular weight is 460 g/mol. The number of hydrogen-bond acceptors (Lipinski definition) is 6. The maximum Gasteiger partial charge on any atom is 0.416 e. The summed E-state index contributed by atoms with van der Waals surface area (Å²) in [5, 5.41) is 12.7. The van der Waals surface area contributed by atoms with Crippen molar-refractivity contribution in [1.29, 1.82) is 0 Å². The average Bonchev–Trinajstić information content (AvgIpc) is 3.30. The molecule has 1 aliphatic heterocycles. The summed E-state index contributed by atoms with van der Waals surface area (Å²) in [7, 11) is 0. The number of nitrogens with zero attached hydrogens (tertiary/aromatic N) is 7. The molecule has 0 N–H and O–H groups in total. The van der Waals surface area contributed by atoms with E-state index in [0.29, 0.717) is 31.9 Å². The fraction of sp³-hybridized carbons (Fsp3) is 0.478. The molecule has 7 nitrogen and oxygen atoms in total. The number of aromatic nitrogens is 5. The molecular weight excluding hydrogens is 431 g/mol. The lowest BCUT2D eigenvalue weighted by Crippen LogP contribution is -2.49. The van der Waals surface area contributed by atoms with Crippen LogP contribution >= 0.6 is 0 Å². The lowest BCUT2D eigenvalue weighted by molar-refractivity contribution is -0.137. The van der Waals surface area contributed by atoms with Gasteiger partial charge >= 0.3 is 6.18 Å². The number of benzene rings is 1. The van der Waals surface area contributed by atoms with Crippen LogP contribution in [0.3, 0.4) is 0 Å². The van der Waals surface area contributed by atoms with Crippen molar-refractivity contribution in [2.24, 2.45) is 0 Å². The number of halogens is 3. The molecule has 0 spiro atoms. The van der Waals surface area contributed by atoms with E-state index in [1.165, 1.54) is 12.1 Å². The smallest absolute Gasteiger partial charge is 0.369 e. The van der Waals surface area contributed by atoms with Gasteiger partial charge in [0.15, 0.2) is 5.82 Å². The second kappa shape index (κ2) is 9.09. The Labute approximate surface area is 191 Å². The normalized spacial score (nSPS) is 16.7. The highest BCUT2D eigenvalue weighted by molar-refractivity contribution is 5.49. The van der Waals surface area contributed by atoms with E-state index in [0.717, 1.165) is 23.9 Å². The second-order valence-electron chi connectivity index (χ2n) is 8.87. The molecular formula is C23H28F3N7. The van der Waals surface area contributed by atoms with Crippen LogP contribution in [0.1, 0.15) is 50.2 Å². The molecule has 0 aliphatic carbocycles. The molecule has 1 aliphatic rings. The Balaban J connectivity index is 1.60. The number of anilines is 1. The van der Waals surface area contributed by atoms with Crippen LogP contribution in [-0.2, 0) is 11.7 Å². The third kappa shape index (κ3) is 4.85. The Kier molecular flexibility index (Phi) is 6.38. The summed E-state index contributed by atoms with van der Waals surface area (Å²) >= 11 is 0. The Morgan fingerprint density at radius 1 is 1.00 bits per heavy atom.